The third-order valence-electron chi connectivity index (χ3n) is 2.60. The number of rotatable bonds is 4. The number of aldehydes is 1. The van der Waals surface area contributed by atoms with Crippen LogP contribution in [0.25, 0.3) is 0 Å². The molecule has 2 heterocycles. The molecular formula is C15H16ClN3O3S. The average molecular weight is 354 g/mol. The fourth-order valence-electron chi connectivity index (χ4n) is 1.67. The Bertz CT molecular complexity index is 695. The summed E-state index contributed by atoms with van der Waals surface area (Å²) in [6.45, 7) is 5.56. The van der Waals surface area contributed by atoms with E-state index in [1.54, 1.807) is 39.1 Å². The molecular weight excluding hydrogens is 338 g/mol. The molecule has 122 valence electrons. The number of amides is 1. The van der Waals surface area contributed by atoms with Crippen LogP contribution in [0.3, 0.4) is 0 Å². The Labute approximate surface area is 143 Å². The van der Waals surface area contributed by atoms with Gasteiger partial charge in [0.1, 0.15) is 10.8 Å². The fourth-order valence-corrected chi connectivity index (χ4v) is 2.50. The van der Waals surface area contributed by atoms with Crippen LogP contribution < -0.4 is 4.90 Å². The van der Waals surface area contributed by atoms with Crippen LogP contribution in [0.1, 0.15) is 36.0 Å². The minimum Gasteiger partial charge on any atom is -0.443 e. The molecule has 1 amide bonds. The highest BCUT2D eigenvalue weighted by Crippen LogP contribution is 2.25. The molecule has 2 aromatic rings. The average Bonchev–Trinajstić information content (AvgIpc) is 2.93. The number of carbonyl (C=O) groups excluding carboxylic acids is 2. The summed E-state index contributed by atoms with van der Waals surface area (Å²) in [4.78, 5) is 33.2. The van der Waals surface area contributed by atoms with Gasteiger partial charge in [-0.15, -0.1) is 0 Å². The highest BCUT2D eigenvalue weighted by atomic mass is 35.5. The Morgan fingerprint density at radius 3 is 2.61 bits per heavy atom. The maximum atomic E-state index is 12.5. The summed E-state index contributed by atoms with van der Waals surface area (Å²) < 4.78 is 5.41. The van der Waals surface area contributed by atoms with Crippen molar-refractivity contribution in [1.29, 1.82) is 0 Å². The first-order chi connectivity index (χ1) is 10.8. The Morgan fingerprint density at radius 2 is 2.09 bits per heavy atom. The number of hydrogen-bond donors (Lipinski definition) is 0. The van der Waals surface area contributed by atoms with Gasteiger partial charge in [-0.3, -0.25) is 4.79 Å². The number of halogens is 1. The van der Waals surface area contributed by atoms with Gasteiger partial charge in [-0.1, -0.05) is 29.0 Å². The Hall–Kier alpha value is -1.99. The van der Waals surface area contributed by atoms with Gasteiger partial charge in [0.15, 0.2) is 11.4 Å². The summed E-state index contributed by atoms with van der Waals surface area (Å²) in [5.74, 6) is 0. The SMILES string of the molecule is CC(C)(C)OC(=O)N(Cc1ccc(Cl)nc1)c1ncc(C=O)s1. The highest BCUT2D eigenvalue weighted by molar-refractivity contribution is 7.17. The zero-order chi connectivity index (χ0) is 17.0. The summed E-state index contributed by atoms with van der Waals surface area (Å²) in [7, 11) is 0. The molecule has 23 heavy (non-hydrogen) atoms. The zero-order valence-corrected chi connectivity index (χ0v) is 14.5. The number of anilines is 1. The minimum atomic E-state index is -0.641. The summed E-state index contributed by atoms with van der Waals surface area (Å²) >= 11 is 6.89. The van der Waals surface area contributed by atoms with Crippen LogP contribution >= 0.6 is 22.9 Å². The summed E-state index contributed by atoms with van der Waals surface area (Å²) in [5, 5.41) is 0.756. The van der Waals surface area contributed by atoms with Crippen LogP contribution in [-0.4, -0.2) is 27.9 Å². The number of thiazole rings is 1. The van der Waals surface area contributed by atoms with Gasteiger partial charge in [0, 0.05) is 6.20 Å². The van der Waals surface area contributed by atoms with Gasteiger partial charge < -0.3 is 4.74 Å². The number of aromatic nitrogens is 2. The lowest BCUT2D eigenvalue weighted by Gasteiger charge is -2.25. The van der Waals surface area contributed by atoms with Crippen molar-refractivity contribution >= 4 is 40.4 Å². The first-order valence-corrected chi connectivity index (χ1v) is 8.00. The molecule has 0 unspecified atom stereocenters. The molecule has 2 rings (SSSR count). The van der Waals surface area contributed by atoms with Crippen molar-refractivity contribution in [1.82, 2.24) is 9.97 Å². The van der Waals surface area contributed by atoms with Gasteiger partial charge in [-0.25, -0.2) is 19.7 Å². The topological polar surface area (TPSA) is 72.4 Å². The van der Waals surface area contributed by atoms with Gasteiger partial charge in [-0.05, 0) is 32.4 Å². The van der Waals surface area contributed by atoms with E-state index in [1.807, 2.05) is 0 Å². The molecule has 0 saturated carbocycles. The Morgan fingerprint density at radius 1 is 1.35 bits per heavy atom. The van der Waals surface area contributed by atoms with Crippen molar-refractivity contribution in [3.05, 3.63) is 40.1 Å². The number of nitrogens with zero attached hydrogens (tertiary/aromatic N) is 3. The van der Waals surface area contributed by atoms with Gasteiger partial charge >= 0.3 is 6.09 Å². The lowest BCUT2D eigenvalue weighted by Crippen LogP contribution is -2.36. The monoisotopic (exact) mass is 353 g/mol. The molecule has 0 aliphatic carbocycles. The van der Waals surface area contributed by atoms with Crippen LogP contribution in [0, 0.1) is 0 Å². The normalized spacial score (nSPS) is 11.1. The standard InChI is InChI=1S/C15H16ClN3O3S/c1-15(2,3)22-14(21)19(13-18-7-11(9-20)23-13)8-10-4-5-12(16)17-6-10/h4-7,9H,8H2,1-3H3. The van der Waals surface area contributed by atoms with E-state index in [1.165, 1.54) is 11.1 Å². The summed E-state index contributed by atoms with van der Waals surface area (Å²) in [5.41, 5.74) is 0.126. The van der Waals surface area contributed by atoms with Crippen LogP contribution in [0.4, 0.5) is 9.93 Å². The summed E-state index contributed by atoms with van der Waals surface area (Å²) in [6.07, 6.45) is 3.15. The Balaban J connectivity index is 2.28. The molecule has 2 aromatic heterocycles. The molecule has 0 saturated heterocycles. The Kier molecular flexibility index (Phi) is 5.33. The van der Waals surface area contributed by atoms with E-state index in [9.17, 15) is 9.59 Å². The minimum absolute atomic E-state index is 0.213. The quantitative estimate of drug-likeness (QED) is 0.614. The first kappa shape index (κ1) is 17.4. The van der Waals surface area contributed by atoms with E-state index in [4.69, 9.17) is 16.3 Å². The lowest BCUT2D eigenvalue weighted by molar-refractivity contribution is 0.0577. The maximum Gasteiger partial charge on any atom is 0.416 e. The fraction of sp³-hybridized carbons (Fsp3) is 0.333. The van der Waals surface area contributed by atoms with Gasteiger partial charge in [0.25, 0.3) is 0 Å². The van der Waals surface area contributed by atoms with Crippen molar-refractivity contribution in [3.8, 4) is 0 Å². The molecule has 6 nitrogen and oxygen atoms in total. The van der Waals surface area contributed by atoms with Crippen LogP contribution in [0.15, 0.2) is 24.5 Å². The third-order valence-corrected chi connectivity index (χ3v) is 3.77. The van der Waals surface area contributed by atoms with Crippen LogP contribution in [0.5, 0.6) is 0 Å². The van der Waals surface area contributed by atoms with Crippen molar-refractivity contribution < 1.29 is 14.3 Å². The number of carbonyl (C=O) groups is 2. The first-order valence-electron chi connectivity index (χ1n) is 6.80. The smallest absolute Gasteiger partial charge is 0.416 e. The molecule has 0 aliphatic rings. The molecule has 0 atom stereocenters. The molecule has 0 aliphatic heterocycles. The molecule has 0 aromatic carbocycles. The molecule has 0 fully saturated rings. The van der Waals surface area contributed by atoms with Crippen LogP contribution in [-0.2, 0) is 11.3 Å². The second kappa shape index (κ2) is 7.06. The van der Waals surface area contributed by atoms with Gasteiger partial charge in [0.05, 0.1) is 17.6 Å². The second-order valence-corrected chi connectivity index (χ2v) is 7.15. The molecule has 0 bridgehead atoms. The molecule has 0 radical (unpaired) electrons. The molecule has 0 spiro atoms. The van der Waals surface area contributed by atoms with E-state index in [2.05, 4.69) is 9.97 Å². The van der Waals surface area contributed by atoms with E-state index in [0.29, 0.717) is 21.4 Å². The van der Waals surface area contributed by atoms with E-state index >= 15 is 0 Å². The van der Waals surface area contributed by atoms with Crippen LogP contribution in [0.2, 0.25) is 5.15 Å². The van der Waals surface area contributed by atoms with Gasteiger partial charge in [0.2, 0.25) is 0 Å². The van der Waals surface area contributed by atoms with E-state index in [-0.39, 0.29) is 6.54 Å². The molecule has 0 N–H and O–H groups in total. The predicted octanol–water partition coefficient (Wildman–Crippen LogP) is 3.95. The number of hydrogen-bond acceptors (Lipinski definition) is 6. The lowest BCUT2D eigenvalue weighted by atomic mass is 10.2. The van der Waals surface area contributed by atoms with Gasteiger partial charge in [-0.2, -0.15) is 0 Å². The van der Waals surface area contributed by atoms with Crippen molar-refractivity contribution in [2.24, 2.45) is 0 Å². The van der Waals surface area contributed by atoms with E-state index < -0.39 is 11.7 Å². The predicted molar refractivity (Wildman–Crippen MR) is 89.2 cm³/mol. The zero-order valence-electron chi connectivity index (χ0n) is 12.9. The van der Waals surface area contributed by atoms with Crippen molar-refractivity contribution in [2.45, 2.75) is 32.9 Å². The van der Waals surface area contributed by atoms with E-state index in [0.717, 1.165) is 16.9 Å². The number of ether oxygens (including phenoxy) is 1. The third kappa shape index (κ3) is 5.01. The summed E-state index contributed by atoms with van der Waals surface area (Å²) in [6, 6.07) is 3.41. The largest absolute Gasteiger partial charge is 0.443 e. The van der Waals surface area contributed by atoms with Crippen molar-refractivity contribution in [3.63, 3.8) is 0 Å². The van der Waals surface area contributed by atoms with Crippen molar-refractivity contribution in [2.75, 3.05) is 4.90 Å². The highest BCUT2D eigenvalue weighted by Gasteiger charge is 2.25. The number of pyridine rings is 1. The second-order valence-electron chi connectivity index (χ2n) is 5.72. The maximum absolute atomic E-state index is 12.5. The molecule has 8 heteroatoms.